The average Bonchev–Trinajstić information content (AvgIpc) is 2.85. The lowest BCUT2D eigenvalue weighted by Gasteiger charge is -2.02. The van der Waals surface area contributed by atoms with Crippen LogP contribution in [0.4, 0.5) is 4.39 Å². The molecule has 3 rings (SSSR count). The number of thiophene rings is 1. The number of ketones is 1. The van der Waals surface area contributed by atoms with E-state index in [1.807, 2.05) is 29.6 Å². The molecule has 0 unspecified atom stereocenters. The van der Waals surface area contributed by atoms with Crippen molar-refractivity contribution in [3.8, 4) is 0 Å². The molecule has 0 saturated carbocycles. The van der Waals surface area contributed by atoms with Crippen molar-refractivity contribution in [2.24, 2.45) is 0 Å². The highest BCUT2D eigenvalue weighted by molar-refractivity contribution is 7.17. The van der Waals surface area contributed by atoms with Crippen molar-refractivity contribution in [3.05, 3.63) is 69.8 Å². The third-order valence-corrected chi connectivity index (χ3v) is 4.47. The molecule has 0 atom stereocenters. The highest BCUT2D eigenvalue weighted by Gasteiger charge is 2.12. The predicted molar refractivity (Wildman–Crippen MR) is 81.3 cm³/mol. The van der Waals surface area contributed by atoms with Crippen LogP contribution < -0.4 is 0 Å². The van der Waals surface area contributed by atoms with E-state index in [-0.39, 0.29) is 17.2 Å². The molecule has 20 heavy (non-hydrogen) atoms. The van der Waals surface area contributed by atoms with E-state index < -0.39 is 5.82 Å². The summed E-state index contributed by atoms with van der Waals surface area (Å²) in [7, 11) is 0. The number of fused-ring (bicyclic) bond motifs is 1. The first-order valence-corrected chi connectivity index (χ1v) is 7.34. The molecule has 1 aromatic heterocycles. The van der Waals surface area contributed by atoms with Gasteiger partial charge in [-0.15, -0.1) is 11.3 Å². The zero-order valence-corrected chi connectivity index (χ0v) is 12.0. The van der Waals surface area contributed by atoms with Crippen LogP contribution in [0.15, 0.2) is 47.8 Å². The molecule has 0 fully saturated rings. The van der Waals surface area contributed by atoms with Gasteiger partial charge in [0.05, 0.1) is 5.02 Å². The lowest BCUT2D eigenvalue weighted by Crippen LogP contribution is -2.03. The lowest BCUT2D eigenvalue weighted by molar-refractivity contribution is 0.0993. The summed E-state index contributed by atoms with van der Waals surface area (Å²) in [6.45, 7) is 0. The van der Waals surface area contributed by atoms with Crippen LogP contribution in [0, 0.1) is 5.82 Å². The number of halogens is 2. The van der Waals surface area contributed by atoms with Crippen LogP contribution in [0.25, 0.3) is 10.1 Å². The molecule has 0 aliphatic rings. The average molecular weight is 305 g/mol. The topological polar surface area (TPSA) is 17.1 Å². The molecule has 0 aliphatic heterocycles. The Kier molecular flexibility index (Phi) is 3.55. The predicted octanol–water partition coefficient (Wildman–Crippen LogP) is 5.12. The number of hydrogen-bond donors (Lipinski definition) is 0. The minimum atomic E-state index is -0.562. The van der Waals surface area contributed by atoms with Gasteiger partial charge in [0.15, 0.2) is 5.78 Å². The Balaban J connectivity index is 1.90. The van der Waals surface area contributed by atoms with E-state index in [1.54, 1.807) is 17.4 Å². The SMILES string of the molecule is O=C(Cc1csc2ccccc12)c1ccc(Cl)c(F)c1. The van der Waals surface area contributed by atoms with Crippen molar-refractivity contribution in [2.75, 3.05) is 0 Å². The number of Topliss-reactive ketones (excluding diaryl/α,β-unsaturated/α-hetero) is 1. The second-order valence-electron chi connectivity index (χ2n) is 4.49. The van der Waals surface area contributed by atoms with E-state index in [0.717, 1.165) is 15.6 Å². The largest absolute Gasteiger partial charge is 0.294 e. The van der Waals surface area contributed by atoms with E-state index in [1.165, 1.54) is 12.1 Å². The Morgan fingerprint density at radius 2 is 2.00 bits per heavy atom. The quantitative estimate of drug-likeness (QED) is 0.614. The molecule has 0 saturated heterocycles. The van der Waals surface area contributed by atoms with Crippen molar-refractivity contribution < 1.29 is 9.18 Å². The molecule has 0 spiro atoms. The standard InChI is InChI=1S/C16H10ClFOS/c17-13-6-5-10(7-14(13)18)15(19)8-11-9-20-16-4-2-1-3-12(11)16/h1-7,9H,8H2. The maximum atomic E-state index is 13.4. The molecular weight excluding hydrogens is 295 g/mol. The van der Waals surface area contributed by atoms with E-state index >= 15 is 0 Å². The minimum Gasteiger partial charge on any atom is -0.294 e. The summed E-state index contributed by atoms with van der Waals surface area (Å²) in [4.78, 5) is 12.2. The maximum Gasteiger partial charge on any atom is 0.167 e. The van der Waals surface area contributed by atoms with Gasteiger partial charge in [-0.25, -0.2) is 4.39 Å². The maximum absolute atomic E-state index is 13.4. The Bertz CT molecular complexity index is 794. The van der Waals surface area contributed by atoms with Gasteiger partial charge >= 0.3 is 0 Å². The fourth-order valence-electron chi connectivity index (χ4n) is 2.11. The summed E-state index contributed by atoms with van der Waals surface area (Å²) < 4.78 is 14.5. The highest BCUT2D eigenvalue weighted by Crippen LogP contribution is 2.27. The number of benzene rings is 2. The second-order valence-corrected chi connectivity index (χ2v) is 5.80. The van der Waals surface area contributed by atoms with Gasteiger partial charge < -0.3 is 0 Å². The van der Waals surface area contributed by atoms with Gasteiger partial charge in [0, 0.05) is 16.7 Å². The fraction of sp³-hybridized carbons (Fsp3) is 0.0625. The molecule has 1 nitrogen and oxygen atoms in total. The molecule has 0 bridgehead atoms. The molecule has 4 heteroatoms. The highest BCUT2D eigenvalue weighted by atomic mass is 35.5. The van der Waals surface area contributed by atoms with E-state index in [9.17, 15) is 9.18 Å². The van der Waals surface area contributed by atoms with Crippen LogP contribution in [0.3, 0.4) is 0 Å². The van der Waals surface area contributed by atoms with Gasteiger partial charge in [0.2, 0.25) is 0 Å². The first kappa shape index (κ1) is 13.3. The summed E-state index contributed by atoms with van der Waals surface area (Å²) in [6, 6.07) is 12.1. The summed E-state index contributed by atoms with van der Waals surface area (Å²) >= 11 is 7.23. The Morgan fingerprint density at radius 3 is 2.80 bits per heavy atom. The van der Waals surface area contributed by atoms with Crippen molar-refractivity contribution in [1.29, 1.82) is 0 Å². The van der Waals surface area contributed by atoms with Gasteiger partial charge in [0.1, 0.15) is 5.82 Å². The summed E-state index contributed by atoms with van der Waals surface area (Å²) in [5, 5.41) is 3.09. The third-order valence-electron chi connectivity index (χ3n) is 3.15. The van der Waals surface area contributed by atoms with Crippen molar-refractivity contribution >= 4 is 38.8 Å². The first-order valence-electron chi connectivity index (χ1n) is 6.08. The second kappa shape index (κ2) is 5.35. The normalized spacial score (nSPS) is 10.9. The van der Waals surface area contributed by atoms with Crippen molar-refractivity contribution in [1.82, 2.24) is 0 Å². The zero-order chi connectivity index (χ0) is 14.1. The Hall–Kier alpha value is -1.71. The molecule has 1 heterocycles. The van der Waals surface area contributed by atoms with Crippen LogP contribution in [0.1, 0.15) is 15.9 Å². The van der Waals surface area contributed by atoms with Gasteiger partial charge in [-0.05, 0) is 40.6 Å². The minimum absolute atomic E-state index is 0.0301. The van der Waals surface area contributed by atoms with Crippen LogP contribution in [-0.4, -0.2) is 5.78 Å². The van der Waals surface area contributed by atoms with Crippen LogP contribution in [0.2, 0.25) is 5.02 Å². The van der Waals surface area contributed by atoms with Crippen molar-refractivity contribution in [2.45, 2.75) is 6.42 Å². The van der Waals surface area contributed by atoms with Crippen LogP contribution in [-0.2, 0) is 6.42 Å². The van der Waals surface area contributed by atoms with Crippen molar-refractivity contribution in [3.63, 3.8) is 0 Å². The summed E-state index contributed by atoms with van der Waals surface area (Å²) in [6.07, 6.45) is 0.269. The monoisotopic (exact) mass is 304 g/mol. The number of rotatable bonds is 3. The van der Waals surface area contributed by atoms with Gasteiger partial charge in [-0.3, -0.25) is 4.79 Å². The molecule has 0 N–H and O–H groups in total. The number of hydrogen-bond acceptors (Lipinski definition) is 2. The first-order chi connectivity index (χ1) is 9.65. The molecule has 0 radical (unpaired) electrons. The lowest BCUT2D eigenvalue weighted by atomic mass is 10.0. The van der Waals surface area contributed by atoms with Gasteiger partial charge in [-0.1, -0.05) is 29.8 Å². The molecule has 0 amide bonds. The summed E-state index contributed by atoms with van der Waals surface area (Å²) in [5.74, 6) is -0.670. The Morgan fingerprint density at radius 1 is 1.20 bits per heavy atom. The Labute approximate surface area is 124 Å². The van der Waals surface area contributed by atoms with Gasteiger partial charge in [-0.2, -0.15) is 0 Å². The molecule has 100 valence electrons. The molecule has 3 aromatic rings. The van der Waals surface area contributed by atoms with E-state index in [2.05, 4.69) is 0 Å². The van der Waals surface area contributed by atoms with Crippen LogP contribution >= 0.6 is 22.9 Å². The number of carbonyl (C=O) groups is 1. The molecule has 2 aromatic carbocycles. The zero-order valence-electron chi connectivity index (χ0n) is 10.4. The smallest absolute Gasteiger partial charge is 0.167 e. The fourth-order valence-corrected chi connectivity index (χ4v) is 3.19. The molecular formula is C16H10ClFOS. The van der Waals surface area contributed by atoms with E-state index in [0.29, 0.717) is 5.56 Å². The summed E-state index contributed by atoms with van der Waals surface area (Å²) in [5.41, 5.74) is 1.33. The molecule has 0 aliphatic carbocycles. The number of carbonyl (C=O) groups excluding carboxylic acids is 1. The third kappa shape index (κ3) is 2.47. The van der Waals surface area contributed by atoms with E-state index in [4.69, 9.17) is 11.6 Å². The van der Waals surface area contributed by atoms with Gasteiger partial charge in [0.25, 0.3) is 0 Å². The van der Waals surface area contributed by atoms with Crippen LogP contribution in [0.5, 0.6) is 0 Å².